The average Bonchev–Trinajstić information content (AvgIpc) is 2.75. The molecule has 0 spiro atoms. The number of pyridine rings is 1. The molecule has 1 heterocycles. The predicted molar refractivity (Wildman–Crippen MR) is 120 cm³/mol. The first-order valence-electron chi connectivity index (χ1n) is 11.7. The minimum atomic E-state index is -0.453. The number of benzene rings is 1. The lowest BCUT2D eigenvalue weighted by Crippen LogP contribution is -2.36. The van der Waals surface area contributed by atoms with E-state index in [2.05, 4.69) is 20.8 Å². The highest BCUT2D eigenvalue weighted by atomic mass is 16.6. The minimum absolute atomic E-state index is 0.0931. The van der Waals surface area contributed by atoms with Crippen LogP contribution in [0, 0.1) is 17.8 Å². The van der Waals surface area contributed by atoms with E-state index in [1.54, 1.807) is 0 Å². The Labute approximate surface area is 184 Å². The number of rotatable bonds is 5. The molecule has 0 bridgehead atoms. The molecular formula is C26H33NO4. The van der Waals surface area contributed by atoms with E-state index >= 15 is 0 Å². The van der Waals surface area contributed by atoms with Crippen LogP contribution in [0.4, 0.5) is 0 Å². The zero-order valence-corrected chi connectivity index (χ0v) is 18.9. The lowest BCUT2D eigenvalue weighted by molar-refractivity contribution is -0.159. The van der Waals surface area contributed by atoms with E-state index in [4.69, 9.17) is 14.5 Å². The SMILES string of the molecule is CC(C)[C@@H]1CC[C@H](C)C[C@H]1OC(=O)COC(=O)c1c2c(nc3ccccc13)CCCC2. The van der Waals surface area contributed by atoms with E-state index in [1.165, 1.54) is 6.42 Å². The van der Waals surface area contributed by atoms with E-state index in [-0.39, 0.29) is 12.7 Å². The van der Waals surface area contributed by atoms with Crippen LogP contribution in [0.1, 0.15) is 74.5 Å². The quantitative estimate of drug-likeness (QED) is 0.613. The van der Waals surface area contributed by atoms with Gasteiger partial charge in [0, 0.05) is 11.1 Å². The number of carbonyl (C=O) groups excluding carboxylic acids is 2. The molecule has 2 aliphatic carbocycles. The Morgan fingerprint density at radius 3 is 2.71 bits per heavy atom. The Hall–Kier alpha value is -2.43. The average molecular weight is 424 g/mol. The Morgan fingerprint density at radius 2 is 1.90 bits per heavy atom. The van der Waals surface area contributed by atoms with Crippen molar-refractivity contribution < 1.29 is 19.1 Å². The molecule has 1 aromatic heterocycles. The molecule has 5 nitrogen and oxygen atoms in total. The van der Waals surface area contributed by atoms with Gasteiger partial charge < -0.3 is 9.47 Å². The number of fused-ring (bicyclic) bond motifs is 2. The second-order valence-corrected chi connectivity index (χ2v) is 9.57. The number of esters is 2. The zero-order chi connectivity index (χ0) is 22.0. The fourth-order valence-corrected chi connectivity index (χ4v) is 5.26. The van der Waals surface area contributed by atoms with Crippen molar-refractivity contribution in [2.45, 2.75) is 71.8 Å². The van der Waals surface area contributed by atoms with Gasteiger partial charge in [0.15, 0.2) is 6.61 Å². The molecule has 1 saturated carbocycles. The topological polar surface area (TPSA) is 65.5 Å². The first kappa shape index (κ1) is 21.8. The molecule has 3 atom stereocenters. The second kappa shape index (κ2) is 9.37. The summed E-state index contributed by atoms with van der Waals surface area (Å²) < 4.78 is 11.3. The minimum Gasteiger partial charge on any atom is -0.460 e. The molecule has 0 aliphatic heterocycles. The number of aromatic nitrogens is 1. The standard InChI is InChI=1S/C26H33NO4/c1-16(2)18-13-12-17(3)14-23(18)31-24(28)15-30-26(29)25-19-8-4-6-10-21(19)27-22-11-7-5-9-20(22)25/h4,6,8,10,16-18,23H,5,7,9,11-15H2,1-3H3/t17-,18-,23+/m0/s1. The summed E-state index contributed by atoms with van der Waals surface area (Å²) in [7, 11) is 0. The molecule has 0 N–H and O–H groups in total. The number of para-hydroxylation sites is 1. The Bertz CT molecular complexity index is 967. The molecular weight excluding hydrogens is 390 g/mol. The van der Waals surface area contributed by atoms with Gasteiger partial charge in [-0.05, 0) is 67.9 Å². The predicted octanol–water partition coefficient (Wildman–Crippen LogP) is 5.27. The molecule has 0 saturated heterocycles. The maximum absolute atomic E-state index is 13.1. The third kappa shape index (κ3) is 4.76. The van der Waals surface area contributed by atoms with Crippen molar-refractivity contribution in [2.75, 3.05) is 6.61 Å². The van der Waals surface area contributed by atoms with Crippen molar-refractivity contribution in [2.24, 2.45) is 17.8 Å². The van der Waals surface area contributed by atoms with Crippen LogP contribution < -0.4 is 0 Å². The van der Waals surface area contributed by atoms with Gasteiger partial charge in [-0.3, -0.25) is 4.98 Å². The fraction of sp³-hybridized carbons (Fsp3) is 0.577. The van der Waals surface area contributed by atoms with Crippen LogP contribution in [0.2, 0.25) is 0 Å². The lowest BCUT2D eigenvalue weighted by atomic mass is 9.75. The van der Waals surface area contributed by atoms with Gasteiger partial charge in [-0.15, -0.1) is 0 Å². The van der Waals surface area contributed by atoms with Gasteiger partial charge >= 0.3 is 11.9 Å². The number of nitrogens with zero attached hydrogens (tertiary/aromatic N) is 1. The first-order valence-corrected chi connectivity index (χ1v) is 11.7. The molecule has 4 rings (SSSR count). The zero-order valence-electron chi connectivity index (χ0n) is 18.9. The summed E-state index contributed by atoms with van der Waals surface area (Å²) in [6.45, 7) is 6.22. The summed E-state index contributed by atoms with van der Waals surface area (Å²) in [5.74, 6) is 0.469. The molecule has 0 amide bonds. The van der Waals surface area contributed by atoms with Crippen LogP contribution in [-0.4, -0.2) is 29.6 Å². The van der Waals surface area contributed by atoms with E-state index in [0.717, 1.165) is 60.7 Å². The fourth-order valence-electron chi connectivity index (χ4n) is 5.26. The van der Waals surface area contributed by atoms with Crippen LogP contribution in [0.5, 0.6) is 0 Å². The van der Waals surface area contributed by atoms with E-state index < -0.39 is 11.9 Å². The Kier molecular flexibility index (Phi) is 6.59. The van der Waals surface area contributed by atoms with Crippen molar-refractivity contribution in [3.8, 4) is 0 Å². The molecule has 1 aromatic carbocycles. The molecule has 0 unspecified atom stereocenters. The number of hydrogen-bond acceptors (Lipinski definition) is 5. The van der Waals surface area contributed by atoms with Crippen molar-refractivity contribution >= 4 is 22.8 Å². The highest BCUT2D eigenvalue weighted by molar-refractivity contribution is 6.05. The lowest BCUT2D eigenvalue weighted by Gasteiger charge is -2.36. The van der Waals surface area contributed by atoms with Crippen molar-refractivity contribution in [3.05, 3.63) is 41.1 Å². The van der Waals surface area contributed by atoms with Gasteiger partial charge in [-0.1, -0.05) is 45.4 Å². The van der Waals surface area contributed by atoms with Crippen LogP contribution in [0.15, 0.2) is 24.3 Å². The van der Waals surface area contributed by atoms with Crippen LogP contribution in [-0.2, 0) is 27.1 Å². The Balaban J connectivity index is 1.48. The van der Waals surface area contributed by atoms with Gasteiger partial charge in [0.2, 0.25) is 0 Å². The van der Waals surface area contributed by atoms with Crippen LogP contribution in [0.25, 0.3) is 10.9 Å². The van der Waals surface area contributed by atoms with Gasteiger partial charge in [0.05, 0.1) is 11.1 Å². The van der Waals surface area contributed by atoms with Crippen molar-refractivity contribution in [1.29, 1.82) is 0 Å². The summed E-state index contributed by atoms with van der Waals surface area (Å²) in [6, 6.07) is 7.66. The second-order valence-electron chi connectivity index (χ2n) is 9.57. The Morgan fingerprint density at radius 1 is 1.13 bits per heavy atom. The van der Waals surface area contributed by atoms with E-state index in [0.29, 0.717) is 23.3 Å². The summed E-state index contributed by atoms with van der Waals surface area (Å²) >= 11 is 0. The largest absolute Gasteiger partial charge is 0.460 e. The van der Waals surface area contributed by atoms with E-state index in [9.17, 15) is 9.59 Å². The third-order valence-corrected chi connectivity index (χ3v) is 6.94. The van der Waals surface area contributed by atoms with Gasteiger partial charge in [-0.2, -0.15) is 0 Å². The summed E-state index contributed by atoms with van der Waals surface area (Å²) in [5.41, 5.74) is 3.33. The summed E-state index contributed by atoms with van der Waals surface area (Å²) in [4.78, 5) is 30.4. The normalized spacial score (nSPS) is 23.4. The summed E-state index contributed by atoms with van der Waals surface area (Å²) in [6.07, 6.45) is 6.84. The summed E-state index contributed by atoms with van der Waals surface area (Å²) in [5, 5.41) is 0.794. The van der Waals surface area contributed by atoms with E-state index in [1.807, 2.05) is 24.3 Å². The first-order chi connectivity index (χ1) is 14.9. The van der Waals surface area contributed by atoms with Gasteiger partial charge in [-0.25, -0.2) is 9.59 Å². The van der Waals surface area contributed by atoms with Gasteiger partial charge in [0.1, 0.15) is 6.10 Å². The van der Waals surface area contributed by atoms with Crippen LogP contribution in [0.3, 0.4) is 0 Å². The molecule has 1 fully saturated rings. The molecule has 5 heteroatoms. The highest BCUT2D eigenvalue weighted by Gasteiger charge is 2.33. The number of hydrogen-bond donors (Lipinski definition) is 0. The number of aryl methyl sites for hydroxylation is 1. The third-order valence-electron chi connectivity index (χ3n) is 6.94. The van der Waals surface area contributed by atoms with Crippen molar-refractivity contribution in [3.63, 3.8) is 0 Å². The van der Waals surface area contributed by atoms with Crippen molar-refractivity contribution in [1.82, 2.24) is 4.98 Å². The molecule has 31 heavy (non-hydrogen) atoms. The van der Waals surface area contributed by atoms with Gasteiger partial charge in [0.25, 0.3) is 0 Å². The maximum Gasteiger partial charge on any atom is 0.344 e. The number of ether oxygens (including phenoxy) is 2. The maximum atomic E-state index is 13.1. The molecule has 0 radical (unpaired) electrons. The van der Waals surface area contributed by atoms with Crippen LogP contribution >= 0.6 is 0 Å². The smallest absolute Gasteiger partial charge is 0.344 e. The molecule has 2 aromatic rings. The molecule has 166 valence electrons. The molecule has 2 aliphatic rings. The highest BCUT2D eigenvalue weighted by Crippen LogP contribution is 2.35. The monoisotopic (exact) mass is 423 g/mol. The number of carbonyl (C=O) groups is 2.